The molecule has 0 fully saturated rings. The molecule has 0 saturated heterocycles. The number of hydrogen-bond donors (Lipinski definition) is 2. The van der Waals surface area contributed by atoms with E-state index in [2.05, 4.69) is 6.58 Å². The lowest BCUT2D eigenvalue weighted by Gasteiger charge is -1.90. The van der Waals surface area contributed by atoms with Crippen LogP contribution >= 0.6 is 12.4 Å². The largest absolute Gasteiger partial charge is 0.478 e. The number of halogens is 1. The summed E-state index contributed by atoms with van der Waals surface area (Å²) in [6.45, 7) is 3.60. The monoisotopic (exact) mass is 215 g/mol. The van der Waals surface area contributed by atoms with Gasteiger partial charge in [-0.25, -0.2) is 4.79 Å². The van der Waals surface area contributed by atoms with Crippen LogP contribution in [0.1, 0.15) is 5.56 Å². The molecule has 1 aromatic carbocycles. The zero-order valence-electron chi connectivity index (χ0n) is 7.72. The normalized spacial score (nSPS) is 7.50. The fourth-order valence-electron chi connectivity index (χ4n) is 0.614. The van der Waals surface area contributed by atoms with Crippen LogP contribution in [-0.4, -0.2) is 11.1 Å². The zero-order valence-corrected chi connectivity index (χ0v) is 8.54. The highest BCUT2D eigenvalue weighted by Crippen LogP contribution is 1.94. The van der Waals surface area contributed by atoms with Gasteiger partial charge in [0.1, 0.15) is 0 Å². The minimum atomic E-state index is -0.981. The number of carboxylic acids is 1. The number of nitrogens with two attached hydrogens (primary N) is 1. The first-order valence-electron chi connectivity index (χ1n) is 3.80. The summed E-state index contributed by atoms with van der Waals surface area (Å²) in [5, 5.41) is 7.60. The van der Waals surface area contributed by atoms with Crippen molar-refractivity contribution in [1.29, 1.82) is 0 Å². The molecule has 0 aliphatic rings. The molecular formula is C10H14ClNO2. The Hall–Kier alpha value is -1.32. The summed E-state index contributed by atoms with van der Waals surface area (Å²) in [7, 11) is 0. The Bertz CT molecular complexity index is 262. The van der Waals surface area contributed by atoms with E-state index in [1.807, 2.05) is 30.3 Å². The van der Waals surface area contributed by atoms with E-state index in [0.717, 1.165) is 6.08 Å². The molecule has 0 radical (unpaired) electrons. The molecule has 0 aromatic heterocycles. The van der Waals surface area contributed by atoms with E-state index in [4.69, 9.17) is 10.8 Å². The van der Waals surface area contributed by atoms with Crippen LogP contribution in [0.2, 0.25) is 0 Å². The van der Waals surface area contributed by atoms with Gasteiger partial charge >= 0.3 is 5.97 Å². The SMILES string of the molecule is C=CC(=O)O.Cl.NCc1ccccc1. The van der Waals surface area contributed by atoms with Gasteiger partial charge in [-0.05, 0) is 5.56 Å². The lowest BCUT2D eigenvalue weighted by atomic mass is 10.2. The predicted octanol–water partition coefficient (Wildman–Crippen LogP) is 1.82. The van der Waals surface area contributed by atoms with Crippen molar-refractivity contribution in [3.63, 3.8) is 0 Å². The summed E-state index contributed by atoms with van der Waals surface area (Å²) in [4.78, 5) is 9.25. The van der Waals surface area contributed by atoms with Gasteiger partial charge in [0.05, 0.1) is 0 Å². The molecule has 1 rings (SSSR count). The van der Waals surface area contributed by atoms with E-state index in [0.29, 0.717) is 6.54 Å². The van der Waals surface area contributed by atoms with E-state index in [-0.39, 0.29) is 12.4 Å². The summed E-state index contributed by atoms with van der Waals surface area (Å²) < 4.78 is 0. The number of carbonyl (C=O) groups is 1. The number of aliphatic carboxylic acids is 1. The van der Waals surface area contributed by atoms with Crippen molar-refractivity contribution in [2.24, 2.45) is 5.73 Å². The molecule has 0 aliphatic heterocycles. The Morgan fingerprint density at radius 2 is 1.86 bits per heavy atom. The topological polar surface area (TPSA) is 63.3 Å². The summed E-state index contributed by atoms with van der Waals surface area (Å²) >= 11 is 0. The van der Waals surface area contributed by atoms with Crippen molar-refractivity contribution in [2.75, 3.05) is 0 Å². The van der Waals surface area contributed by atoms with E-state index in [1.165, 1.54) is 5.56 Å². The molecule has 0 spiro atoms. The van der Waals surface area contributed by atoms with Gasteiger partial charge in [0.15, 0.2) is 0 Å². The Morgan fingerprint density at radius 3 is 2.07 bits per heavy atom. The van der Waals surface area contributed by atoms with Gasteiger partial charge in [-0.3, -0.25) is 0 Å². The van der Waals surface area contributed by atoms with Crippen LogP contribution < -0.4 is 5.73 Å². The second-order valence-electron chi connectivity index (χ2n) is 2.23. The maximum absolute atomic E-state index is 9.25. The highest BCUT2D eigenvalue weighted by molar-refractivity contribution is 5.85. The summed E-state index contributed by atoms with van der Waals surface area (Å²) in [6, 6.07) is 9.99. The second-order valence-corrected chi connectivity index (χ2v) is 2.23. The third kappa shape index (κ3) is 8.77. The molecule has 0 heterocycles. The van der Waals surface area contributed by atoms with Crippen molar-refractivity contribution in [3.8, 4) is 0 Å². The van der Waals surface area contributed by atoms with Crippen molar-refractivity contribution in [1.82, 2.24) is 0 Å². The Kier molecular flexibility index (Phi) is 10.6. The third-order valence-corrected chi connectivity index (χ3v) is 1.25. The van der Waals surface area contributed by atoms with Crippen LogP contribution in [0.3, 0.4) is 0 Å². The van der Waals surface area contributed by atoms with Gasteiger partial charge in [0.25, 0.3) is 0 Å². The number of hydrogen-bond acceptors (Lipinski definition) is 2. The van der Waals surface area contributed by atoms with Gasteiger partial charge in [-0.15, -0.1) is 12.4 Å². The maximum Gasteiger partial charge on any atom is 0.327 e. The highest BCUT2D eigenvalue weighted by atomic mass is 35.5. The fourth-order valence-corrected chi connectivity index (χ4v) is 0.614. The molecule has 3 nitrogen and oxygen atoms in total. The Morgan fingerprint density at radius 1 is 1.43 bits per heavy atom. The van der Waals surface area contributed by atoms with Crippen molar-refractivity contribution in [3.05, 3.63) is 48.6 Å². The van der Waals surface area contributed by atoms with Gasteiger partial charge < -0.3 is 10.8 Å². The average Bonchev–Trinajstić information content (AvgIpc) is 2.20. The first-order valence-corrected chi connectivity index (χ1v) is 3.80. The smallest absolute Gasteiger partial charge is 0.327 e. The molecule has 1 aromatic rings. The molecule has 78 valence electrons. The average molecular weight is 216 g/mol. The quantitative estimate of drug-likeness (QED) is 0.740. The summed E-state index contributed by atoms with van der Waals surface area (Å²) in [5.74, 6) is -0.981. The van der Waals surface area contributed by atoms with Gasteiger partial charge in [-0.2, -0.15) is 0 Å². The van der Waals surface area contributed by atoms with Crippen molar-refractivity contribution in [2.45, 2.75) is 6.54 Å². The number of benzene rings is 1. The fraction of sp³-hybridized carbons (Fsp3) is 0.100. The lowest BCUT2D eigenvalue weighted by Crippen LogP contribution is -1.94. The molecule has 4 heteroatoms. The predicted molar refractivity (Wildman–Crippen MR) is 59.4 cm³/mol. The van der Waals surface area contributed by atoms with Crippen LogP contribution in [-0.2, 0) is 11.3 Å². The first-order chi connectivity index (χ1) is 6.20. The minimum absolute atomic E-state index is 0. The zero-order chi connectivity index (χ0) is 10.1. The molecule has 0 aliphatic carbocycles. The highest BCUT2D eigenvalue weighted by Gasteiger charge is 1.80. The van der Waals surface area contributed by atoms with E-state index in [1.54, 1.807) is 0 Å². The van der Waals surface area contributed by atoms with Crippen LogP contribution in [0.25, 0.3) is 0 Å². The lowest BCUT2D eigenvalue weighted by molar-refractivity contribution is -0.131. The van der Waals surface area contributed by atoms with E-state index < -0.39 is 5.97 Å². The standard InChI is InChI=1S/C7H9N.C3H4O2.ClH/c8-6-7-4-2-1-3-5-7;1-2-3(4)5;/h1-5H,6,8H2;2H,1H2,(H,4,5);1H. The molecule has 0 bridgehead atoms. The molecule has 0 unspecified atom stereocenters. The van der Waals surface area contributed by atoms with Crippen LogP contribution in [0.15, 0.2) is 43.0 Å². The summed E-state index contributed by atoms with van der Waals surface area (Å²) in [5.41, 5.74) is 6.54. The van der Waals surface area contributed by atoms with E-state index >= 15 is 0 Å². The van der Waals surface area contributed by atoms with Gasteiger partial charge in [-0.1, -0.05) is 36.9 Å². The molecule has 3 N–H and O–H groups in total. The van der Waals surface area contributed by atoms with Crippen molar-refractivity contribution >= 4 is 18.4 Å². The van der Waals surface area contributed by atoms with E-state index in [9.17, 15) is 4.79 Å². The molecule has 14 heavy (non-hydrogen) atoms. The molecule has 0 saturated carbocycles. The van der Waals surface area contributed by atoms with Gasteiger partial charge in [0.2, 0.25) is 0 Å². The van der Waals surface area contributed by atoms with Crippen LogP contribution in [0, 0.1) is 0 Å². The molecule has 0 atom stereocenters. The van der Waals surface area contributed by atoms with Crippen molar-refractivity contribution < 1.29 is 9.90 Å². The van der Waals surface area contributed by atoms with Gasteiger partial charge in [0, 0.05) is 12.6 Å². The van der Waals surface area contributed by atoms with Crippen LogP contribution in [0.4, 0.5) is 0 Å². The summed E-state index contributed by atoms with van der Waals surface area (Å²) in [6.07, 6.45) is 0.833. The Labute approximate surface area is 89.7 Å². The third-order valence-electron chi connectivity index (χ3n) is 1.25. The first kappa shape index (κ1) is 15.2. The number of carboxylic acid groups (broad SMARTS) is 1. The molecular weight excluding hydrogens is 202 g/mol. The maximum atomic E-state index is 9.25. The van der Waals surface area contributed by atoms with Crippen LogP contribution in [0.5, 0.6) is 0 Å². The minimum Gasteiger partial charge on any atom is -0.478 e. The Balaban J connectivity index is 0. The number of rotatable bonds is 2. The second kappa shape index (κ2) is 9.77. The molecule has 0 amide bonds.